The summed E-state index contributed by atoms with van der Waals surface area (Å²) in [7, 11) is 0. The summed E-state index contributed by atoms with van der Waals surface area (Å²) in [4.78, 5) is 19.8. The van der Waals surface area contributed by atoms with Crippen LogP contribution in [0.15, 0.2) is 42.7 Å². The van der Waals surface area contributed by atoms with Crippen LogP contribution < -0.4 is 26.6 Å². The summed E-state index contributed by atoms with van der Waals surface area (Å²) < 4.78 is 31.7. The lowest BCUT2D eigenvalue weighted by Gasteiger charge is -2.13. The van der Waals surface area contributed by atoms with Crippen LogP contribution in [0.4, 0.5) is 31.8 Å². The standard InChI is InChI=1S/C18H14Cl2F2N6O2/c19-9-1-4-14(11(20)5-9)30-7-15(29)27-28-18-16(23)17(24-8-25-18)26-10-2-3-12(21)13(22)6-10/h1-6,8H,7,23H2,(H,27,29)(H2,24,25,26,28). The number of carbonyl (C=O) groups is 1. The molecule has 0 spiro atoms. The Hall–Kier alpha value is -3.37. The van der Waals surface area contributed by atoms with E-state index in [0.717, 1.165) is 18.5 Å². The molecule has 3 rings (SSSR count). The fourth-order valence-electron chi connectivity index (χ4n) is 2.21. The zero-order valence-electron chi connectivity index (χ0n) is 15.0. The number of aromatic nitrogens is 2. The summed E-state index contributed by atoms with van der Waals surface area (Å²) in [5.74, 6) is -2.07. The van der Waals surface area contributed by atoms with Gasteiger partial charge < -0.3 is 15.8 Å². The largest absolute Gasteiger partial charge is 0.482 e. The molecule has 0 saturated heterocycles. The Bertz CT molecular complexity index is 1090. The minimum atomic E-state index is -1.03. The molecule has 0 unspecified atom stereocenters. The summed E-state index contributed by atoms with van der Waals surface area (Å²) >= 11 is 11.8. The third-order valence-corrected chi connectivity index (χ3v) is 4.17. The molecule has 1 heterocycles. The minimum Gasteiger partial charge on any atom is -0.482 e. The molecule has 0 fully saturated rings. The molecule has 0 aliphatic rings. The zero-order chi connectivity index (χ0) is 21.7. The van der Waals surface area contributed by atoms with E-state index in [4.69, 9.17) is 33.7 Å². The number of benzene rings is 2. The second kappa shape index (κ2) is 9.42. The predicted molar refractivity (Wildman–Crippen MR) is 110 cm³/mol. The van der Waals surface area contributed by atoms with Gasteiger partial charge in [0, 0.05) is 16.8 Å². The Balaban J connectivity index is 1.59. The average molecular weight is 455 g/mol. The number of nitrogens with one attached hydrogen (secondary N) is 3. The number of ether oxygens (including phenoxy) is 1. The second-order valence-electron chi connectivity index (χ2n) is 5.78. The Labute approximate surface area is 179 Å². The van der Waals surface area contributed by atoms with Gasteiger partial charge in [-0.05, 0) is 30.3 Å². The lowest BCUT2D eigenvalue weighted by atomic mass is 10.3. The van der Waals surface area contributed by atoms with Crippen molar-refractivity contribution in [1.29, 1.82) is 0 Å². The van der Waals surface area contributed by atoms with Crippen molar-refractivity contribution in [3.63, 3.8) is 0 Å². The van der Waals surface area contributed by atoms with Crippen molar-refractivity contribution >= 4 is 52.1 Å². The first kappa shape index (κ1) is 21.3. The molecule has 0 saturated carbocycles. The fraction of sp³-hybridized carbons (Fsp3) is 0.0556. The Morgan fingerprint density at radius 2 is 1.83 bits per heavy atom. The Morgan fingerprint density at radius 3 is 2.57 bits per heavy atom. The van der Waals surface area contributed by atoms with Gasteiger partial charge in [0.25, 0.3) is 5.91 Å². The lowest BCUT2D eigenvalue weighted by Crippen LogP contribution is -2.34. The number of carbonyl (C=O) groups excluding carboxylic acids is 1. The smallest absolute Gasteiger partial charge is 0.276 e. The molecule has 8 nitrogen and oxygen atoms in total. The van der Waals surface area contributed by atoms with Crippen molar-refractivity contribution in [2.75, 3.05) is 23.1 Å². The van der Waals surface area contributed by atoms with E-state index in [1.807, 2.05) is 0 Å². The number of nitrogens with two attached hydrogens (primary N) is 1. The van der Waals surface area contributed by atoms with Crippen molar-refractivity contribution in [2.24, 2.45) is 0 Å². The lowest BCUT2D eigenvalue weighted by molar-refractivity contribution is -0.122. The Morgan fingerprint density at radius 1 is 1.07 bits per heavy atom. The van der Waals surface area contributed by atoms with E-state index in [0.29, 0.717) is 5.02 Å². The Kier molecular flexibility index (Phi) is 6.70. The number of hydrogen-bond acceptors (Lipinski definition) is 7. The number of nitrogens with zero attached hydrogens (tertiary/aromatic N) is 2. The van der Waals surface area contributed by atoms with Crippen LogP contribution in [0.2, 0.25) is 10.0 Å². The molecule has 0 aliphatic heterocycles. The molecule has 1 aromatic heterocycles. The van der Waals surface area contributed by atoms with Gasteiger partial charge in [0.2, 0.25) is 0 Å². The number of anilines is 4. The van der Waals surface area contributed by atoms with Gasteiger partial charge in [0.15, 0.2) is 29.9 Å². The fourth-order valence-corrected chi connectivity index (χ4v) is 2.67. The van der Waals surface area contributed by atoms with Crippen LogP contribution in [0, 0.1) is 11.6 Å². The number of rotatable bonds is 7. The van der Waals surface area contributed by atoms with Crippen LogP contribution in [-0.2, 0) is 4.79 Å². The molecule has 12 heteroatoms. The molecule has 156 valence electrons. The van der Waals surface area contributed by atoms with Crippen molar-refractivity contribution < 1.29 is 18.3 Å². The molecule has 30 heavy (non-hydrogen) atoms. The highest BCUT2D eigenvalue weighted by atomic mass is 35.5. The first-order valence-electron chi connectivity index (χ1n) is 8.28. The van der Waals surface area contributed by atoms with Gasteiger partial charge in [0.05, 0.1) is 5.02 Å². The SMILES string of the molecule is Nc1c(NNC(=O)COc2ccc(Cl)cc2Cl)ncnc1Nc1ccc(F)c(F)c1. The van der Waals surface area contributed by atoms with Crippen molar-refractivity contribution in [1.82, 2.24) is 15.4 Å². The number of nitrogen functional groups attached to an aromatic ring is 1. The summed E-state index contributed by atoms with van der Waals surface area (Å²) in [6, 6.07) is 7.81. The summed E-state index contributed by atoms with van der Waals surface area (Å²) in [5.41, 5.74) is 11.1. The van der Waals surface area contributed by atoms with E-state index in [1.54, 1.807) is 6.07 Å². The van der Waals surface area contributed by atoms with Gasteiger partial charge in [-0.3, -0.25) is 15.6 Å². The van der Waals surface area contributed by atoms with Crippen LogP contribution in [0.1, 0.15) is 0 Å². The summed E-state index contributed by atoms with van der Waals surface area (Å²) in [6.45, 7) is -0.348. The van der Waals surface area contributed by atoms with Gasteiger partial charge in [0.1, 0.15) is 17.8 Å². The van der Waals surface area contributed by atoms with E-state index in [9.17, 15) is 13.6 Å². The van der Waals surface area contributed by atoms with Gasteiger partial charge in [-0.2, -0.15) is 0 Å². The topological polar surface area (TPSA) is 114 Å². The van der Waals surface area contributed by atoms with E-state index in [1.165, 1.54) is 18.2 Å². The highest BCUT2D eigenvalue weighted by Gasteiger charge is 2.12. The normalized spacial score (nSPS) is 10.4. The van der Waals surface area contributed by atoms with E-state index in [-0.39, 0.29) is 40.4 Å². The molecular formula is C18H14Cl2F2N6O2. The quantitative estimate of drug-likeness (QED) is 0.400. The van der Waals surface area contributed by atoms with Gasteiger partial charge >= 0.3 is 0 Å². The molecule has 0 atom stereocenters. The number of hydrazine groups is 1. The highest BCUT2D eigenvalue weighted by Crippen LogP contribution is 2.28. The van der Waals surface area contributed by atoms with Crippen LogP contribution in [0.5, 0.6) is 5.75 Å². The molecule has 5 N–H and O–H groups in total. The van der Waals surface area contributed by atoms with Crippen molar-refractivity contribution in [2.45, 2.75) is 0 Å². The summed E-state index contributed by atoms with van der Waals surface area (Å²) in [5, 5.41) is 3.44. The van der Waals surface area contributed by atoms with E-state index >= 15 is 0 Å². The van der Waals surface area contributed by atoms with E-state index in [2.05, 4.69) is 26.1 Å². The van der Waals surface area contributed by atoms with Crippen LogP contribution >= 0.6 is 23.2 Å². The third kappa shape index (κ3) is 5.37. The molecular weight excluding hydrogens is 441 g/mol. The van der Waals surface area contributed by atoms with Crippen LogP contribution in [0.3, 0.4) is 0 Å². The number of amides is 1. The average Bonchev–Trinajstić information content (AvgIpc) is 2.70. The maximum Gasteiger partial charge on any atom is 0.276 e. The molecule has 1 amide bonds. The number of hydrogen-bond donors (Lipinski definition) is 4. The van der Waals surface area contributed by atoms with Crippen molar-refractivity contribution in [3.8, 4) is 5.75 Å². The van der Waals surface area contributed by atoms with Crippen molar-refractivity contribution in [3.05, 3.63) is 64.4 Å². The van der Waals surface area contributed by atoms with Gasteiger partial charge in [-0.1, -0.05) is 23.2 Å². The minimum absolute atomic E-state index is 0.0317. The highest BCUT2D eigenvalue weighted by molar-refractivity contribution is 6.35. The van der Waals surface area contributed by atoms with E-state index < -0.39 is 17.5 Å². The predicted octanol–water partition coefficient (Wildman–Crippen LogP) is 3.91. The maximum atomic E-state index is 13.3. The molecule has 2 aromatic carbocycles. The van der Waals surface area contributed by atoms with Gasteiger partial charge in [-0.15, -0.1) is 0 Å². The number of halogens is 4. The van der Waals surface area contributed by atoms with Crippen LogP contribution in [-0.4, -0.2) is 22.5 Å². The first-order chi connectivity index (χ1) is 14.3. The third-order valence-electron chi connectivity index (χ3n) is 3.64. The van der Waals surface area contributed by atoms with Crippen LogP contribution in [0.25, 0.3) is 0 Å². The monoisotopic (exact) mass is 454 g/mol. The summed E-state index contributed by atoms with van der Waals surface area (Å²) in [6.07, 6.45) is 1.16. The molecule has 0 aliphatic carbocycles. The zero-order valence-corrected chi connectivity index (χ0v) is 16.6. The van der Waals surface area contributed by atoms with Gasteiger partial charge in [-0.25, -0.2) is 18.7 Å². The second-order valence-corrected chi connectivity index (χ2v) is 6.62. The molecule has 0 bridgehead atoms. The maximum absolute atomic E-state index is 13.3. The first-order valence-corrected chi connectivity index (χ1v) is 9.04. The molecule has 0 radical (unpaired) electrons. The molecule has 3 aromatic rings.